The molecule has 1 aliphatic rings. The van der Waals surface area contributed by atoms with E-state index in [1.54, 1.807) is 0 Å². The van der Waals surface area contributed by atoms with Crippen molar-refractivity contribution in [3.63, 3.8) is 0 Å². The summed E-state index contributed by atoms with van der Waals surface area (Å²) in [6, 6.07) is 9.10. The highest BCUT2D eigenvalue weighted by Crippen LogP contribution is 2.25. The number of Topliss-reactive ketones (excluding diaryl/α,β-unsaturated/α-hetero) is 1. The number of carbonyl (C=O) groups is 1. The molecule has 1 fully saturated rings. The molecule has 1 aliphatic heterocycles. The van der Waals surface area contributed by atoms with Crippen LogP contribution in [0.3, 0.4) is 0 Å². The Labute approximate surface area is 163 Å². The molecule has 0 radical (unpaired) electrons. The predicted octanol–water partition coefficient (Wildman–Crippen LogP) is 5.24. The second-order valence-electron chi connectivity index (χ2n) is 8.82. The summed E-state index contributed by atoms with van der Waals surface area (Å²) in [6.45, 7) is 10.1. The first-order valence-electron chi connectivity index (χ1n) is 10.2. The van der Waals surface area contributed by atoms with E-state index in [4.69, 9.17) is 4.42 Å². The minimum absolute atomic E-state index is 0.0242. The van der Waals surface area contributed by atoms with Gasteiger partial charge in [-0.15, -0.1) is 0 Å². The van der Waals surface area contributed by atoms with Crippen LogP contribution in [0.4, 0.5) is 0 Å². The maximum absolute atomic E-state index is 11.9. The molecule has 0 spiro atoms. The molecule has 4 heteroatoms. The largest absolute Gasteiger partial charge is 0.442 e. The molecule has 1 aromatic heterocycles. The Morgan fingerprint density at radius 2 is 1.89 bits per heavy atom. The summed E-state index contributed by atoms with van der Waals surface area (Å²) in [4.78, 5) is 18.4. The summed E-state index contributed by atoms with van der Waals surface area (Å²) >= 11 is 0. The smallest absolute Gasteiger partial charge is 0.263 e. The molecule has 0 amide bonds. The van der Waals surface area contributed by atoms with E-state index in [9.17, 15) is 4.79 Å². The predicted molar refractivity (Wildman–Crippen MR) is 108 cm³/mol. The Morgan fingerprint density at radius 1 is 1.19 bits per heavy atom. The van der Waals surface area contributed by atoms with Gasteiger partial charge >= 0.3 is 0 Å². The van der Waals surface area contributed by atoms with Gasteiger partial charge in [-0.05, 0) is 61.2 Å². The quantitative estimate of drug-likeness (QED) is 0.627. The standard InChI is InChI=1S/C23H32N2O2/c1-23(2,3)20-9-7-19(8-10-20)17-25-14-11-18(12-15-25)5-4-6-21(26)22-24-13-16-27-22/h7-10,13,16,18H,4-6,11-12,14-15,17H2,1-3H3. The van der Waals surface area contributed by atoms with Crippen molar-refractivity contribution in [3.05, 3.63) is 53.7 Å². The van der Waals surface area contributed by atoms with Gasteiger partial charge in [0, 0.05) is 13.0 Å². The zero-order valence-electron chi connectivity index (χ0n) is 16.9. The monoisotopic (exact) mass is 368 g/mol. The van der Waals surface area contributed by atoms with Crippen molar-refractivity contribution in [3.8, 4) is 0 Å². The van der Waals surface area contributed by atoms with Gasteiger partial charge in [0.25, 0.3) is 5.89 Å². The number of nitrogens with zero attached hydrogens (tertiary/aromatic N) is 2. The van der Waals surface area contributed by atoms with Crippen LogP contribution in [0.5, 0.6) is 0 Å². The average Bonchev–Trinajstić information content (AvgIpc) is 3.18. The van der Waals surface area contributed by atoms with Crippen LogP contribution in [0, 0.1) is 5.92 Å². The van der Waals surface area contributed by atoms with Crippen molar-refractivity contribution in [2.24, 2.45) is 5.92 Å². The van der Waals surface area contributed by atoms with Gasteiger partial charge in [0.05, 0.1) is 6.20 Å². The van der Waals surface area contributed by atoms with Crippen LogP contribution in [0.25, 0.3) is 0 Å². The molecule has 4 nitrogen and oxygen atoms in total. The third-order valence-electron chi connectivity index (χ3n) is 5.62. The van der Waals surface area contributed by atoms with Gasteiger partial charge in [-0.25, -0.2) is 4.98 Å². The topological polar surface area (TPSA) is 46.3 Å². The normalized spacial score (nSPS) is 16.6. The summed E-state index contributed by atoms with van der Waals surface area (Å²) < 4.78 is 5.07. The van der Waals surface area contributed by atoms with Crippen molar-refractivity contribution >= 4 is 5.78 Å². The number of oxazole rings is 1. The summed E-state index contributed by atoms with van der Waals surface area (Å²) in [6.07, 6.45) is 8.04. The van der Waals surface area contributed by atoms with Crippen LogP contribution in [0.2, 0.25) is 0 Å². The fourth-order valence-corrected chi connectivity index (χ4v) is 3.82. The number of hydrogen-bond donors (Lipinski definition) is 0. The van der Waals surface area contributed by atoms with Gasteiger partial charge in [0.1, 0.15) is 6.26 Å². The summed E-state index contributed by atoms with van der Waals surface area (Å²) in [7, 11) is 0. The zero-order chi connectivity index (χ0) is 19.3. The fourth-order valence-electron chi connectivity index (χ4n) is 3.82. The lowest BCUT2D eigenvalue weighted by Gasteiger charge is -2.32. The van der Waals surface area contributed by atoms with E-state index in [0.29, 0.717) is 6.42 Å². The summed E-state index contributed by atoms with van der Waals surface area (Å²) in [5.41, 5.74) is 3.01. The van der Waals surface area contributed by atoms with Crippen molar-refractivity contribution < 1.29 is 9.21 Å². The molecule has 2 aromatic rings. The van der Waals surface area contributed by atoms with Crippen molar-refractivity contribution in [2.75, 3.05) is 13.1 Å². The second-order valence-corrected chi connectivity index (χ2v) is 8.82. The van der Waals surface area contributed by atoms with E-state index in [2.05, 4.69) is 54.9 Å². The van der Waals surface area contributed by atoms with Crippen molar-refractivity contribution in [2.45, 2.75) is 64.8 Å². The van der Waals surface area contributed by atoms with E-state index in [1.165, 1.54) is 36.4 Å². The van der Waals surface area contributed by atoms with Gasteiger partial charge in [0.2, 0.25) is 5.78 Å². The highest BCUT2D eigenvalue weighted by atomic mass is 16.3. The molecule has 1 saturated heterocycles. The van der Waals surface area contributed by atoms with Crippen LogP contribution in [0.1, 0.15) is 74.7 Å². The van der Waals surface area contributed by atoms with Crippen LogP contribution in [-0.4, -0.2) is 28.8 Å². The van der Waals surface area contributed by atoms with E-state index in [0.717, 1.165) is 38.4 Å². The molecule has 0 N–H and O–H groups in total. The van der Waals surface area contributed by atoms with Crippen LogP contribution in [-0.2, 0) is 12.0 Å². The molecule has 0 aliphatic carbocycles. The average molecular weight is 369 g/mol. The molecule has 27 heavy (non-hydrogen) atoms. The number of piperidine rings is 1. The number of benzene rings is 1. The number of aromatic nitrogens is 1. The van der Waals surface area contributed by atoms with Crippen molar-refractivity contribution in [1.82, 2.24) is 9.88 Å². The molecular formula is C23H32N2O2. The van der Waals surface area contributed by atoms with Crippen molar-refractivity contribution in [1.29, 1.82) is 0 Å². The Balaban J connectivity index is 1.37. The molecule has 0 unspecified atom stereocenters. The Bertz CT molecular complexity index is 706. The molecule has 146 valence electrons. The van der Waals surface area contributed by atoms with E-state index < -0.39 is 0 Å². The van der Waals surface area contributed by atoms with E-state index in [1.807, 2.05) is 0 Å². The van der Waals surface area contributed by atoms with Gasteiger partial charge in [0.15, 0.2) is 0 Å². The first kappa shape index (κ1) is 19.8. The SMILES string of the molecule is CC(C)(C)c1ccc(CN2CCC(CCCC(=O)c3ncco3)CC2)cc1. The van der Waals surface area contributed by atoms with Gasteiger partial charge < -0.3 is 4.42 Å². The van der Waals surface area contributed by atoms with E-state index >= 15 is 0 Å². The molecule has 3 rings (SSSR count). The minimum atomic E-state index is 0.0242. The van der Waals surface area contributed by atoms with Crippen LogP contribution in [0.15, 0.2) is 41.1 Å². The Kier molecular flexibility index (Phi) is 6.48. The zero-order valence-corrected chi connectivity index (χ0v) is 16.9. The first-order chi connectivity index (χ1) is 12.9. The van der Waals surface area contributed by atoms with Gasteiger partial charge in [-0.3, -0.25) is 9.69 Å². The number of ketones is 1. The first-order valence-corrected chi connectivity index (χ1v) is 10.2. The van der Waals surface area contributed by atoms with Crippen LogP contribution < -0.4 is 0 Å². The molecule has 1 aromatic carbocycles. The number of hydrogen-bond acceptors (Lipinski definition) is 4. The lowest BCUT2D eigenvalue weighted by atomic mass is 9.86. The molecule has 0 atom stereocenters. The minimum Gasteiger partial charge on any atom is -0.442 e. The van der Waals surface area contributed by atoms with Crippen LogP contribution >= 0.6 is 0 Å². The maximum Gasteiger partial charge on any atom is 0.263 e. The molecule has 0 bridgehead atoms. The second kappa shape index (κ2) is 8.83. The fraction of sp³-hybridized carbons (Fsp3) is 0.565. The molecule has 0 saturated carbocycles. The molecular weight excluding hydrogens is 336 g/mol. The highest BCUT2D eigenvalue weighted by Gasteiger charge is 2.20. The Hall–Kier alpha value is -1.94. The maximum atomic E-state index is 11.9. The number of carbonyl (C=O) groups excluding carboxylic acids is 1. The third kappa shape index (κ3) is 5.77. The van der Waals surface area contributed by atoms with Gasteiger partial charge in [-0.2, -0.15) is 0 Å². The highest BCUT2D eigenvalue weighted by molar-refractivity contribution is 5.91. The van der Waals surface area contributed by atoms with E-state index in [-0.39, 0.29) is 17.1 Å². The number of likely N-dealkylation sites (tertiary alicyclic amines) is 1. The third-order valence-corrected chi connectivity index (χ3v) is 5.62. The molecule has 2 heterocycles. The lowest BCUT2D eigenvalue weighted by molar-refractivity contribution is 0.0940. The summed E-state index contributed by atoms with van der Waals surface area (Å²) in [5, 5.41) is 0. The van der Waals surface area contributed by atoms with Gasteiger partial charge in [-0.1, -0.05) is 45.0 Å². The summed E-state index contributed by atoms with van der Waals surface area (Å²) in [5.74, 6) is 1.01. The Morgan fingerprint density at radius 3 is 2.48 bits per heavy atom. The lowest BCUT2D eigenvalue weighted by Crippen LogP contribution is -2.33. The number of rotatable bonds is 7.